The summed E-state index contributed by atoms with van der Waals surface area (Å²) in [5.41, 5.74) is 0.148. The van der Waals surface area contributed by atoms with Gasteiger partial charge >= 0.3 is 11.9 Å². The molecule has 0 amide bonds. The molecule has 3 rings (SSSR count). The van der Waals surface area contributed by atoms with Crippen LogP contribution in [0.4, 0.5) is 0 Å². The zero-order valence-electron chi connectivity index (χ0n) is 19.1. The van der Waals surface area contributed by atoms with Crippen LogP contribution < -0.4 is 0 Å². The summed E-state index contributed by atoms with van der Waals surface area (Å²) in [7, 11) is -8.28. The van der Waals surface area contributed by atoms with Gasteiger partial charge in [-0.05, 0) is 24.3 Å². The SMILES string of the molecule is CS(=O)(=O)OCC1OC(O)C(OC(=O)c2ccccc2)C(OC(=O)c2ccccc2)C1OS(C)(=O)=O. The van der Waals surface area contributed by atoms with Crippen molar-refractivity contribution < 1.29 is 54.1 Å². The normalized spacial score (nSPS) is 24.6. The first-order valence-corrected chi connectivity index (χ1v) is 14.1. The summed E-state index contributed by atoms with van der Waals surface area (Å²) < 4.78 is 73.0. The molecule has 1 aliphatic rings. The van der Waals surface area contributed by atoms with E-state index in [4.69, 9.17) is 22.6 Å². The second-order valence-corrected chi connectivity index (χ2v) is 11.0. The molecule has 1 heterocycles. The number of benzene rings is 2. The topological polar surface area (TPSA) is 169 Å². The maximum atomic E-state index is 12.8. The van der Waals surface area contributed by atoms with Crippen molar-refractivity contribution in [3.05, 3.63) is 71.8 Å². The zero-order chi connectivity index (χ0) is 26.5. The second-order valence-electron chi connectivity index (χ2n) is 7.79. The predicted octanol–water partition coefficient (Wildman–Crippen LogP) is 0.476. The summed E-state index contributed by atoms with van der Waals surface area (Å²) in [6.07, 6.45) is -7.36. The van der Waals surface area contributed by atoms with E-state index in [1.165, 1.54) is 24.3 Å². The molecule has 5 unspecified atom stereocenters. The van der Waals surface area contributed by atoms with Crippen LogP contribution in [0.3, 0.4) is 0 Å². The number of rotatable bonds is 9. The first kappa shape index (κ1) is 27.7. The Bertz CT molecular complexity index is 1260. The van der Waals surface area contributed by atoms with Crippen LogP contribution >= 0.6 is 0 Å². The molecule has 0 bridgehead atoms. The van der Waals surface area contributed by atoms with Crippen molar-refractivity contribution >= 4 is 32.2 Å². The molecule has 1 saturated heterocycles. The molecular formula is C22H24O12S2. The van der Waals surface area contributed by atoms with Crippen molar-refractivity contribution in [1.82, 2.24) is 0 Å². The minimum atomic E-state index is -4.26. The van der Waals surface area contributed by atoms with Crippen molar-refractivity contribution in [1.29, 1.82) is 0 Å². The van der Waals surface area contributed by atoms with E-state index in [1.54, 1.807) is 36.4 Å². The molecule has 1 fully saturated rings. The molecule has 0 saturated carbocycles. The number of hydrogen-bond donors (Lipinski definition) is 1. The average Bonchev–Trinajstić information content (AvgIpc) is 2.81. The molecule has 0 radical (unpaired) electrons. The summed E-state index contributed by atoms with van der Waals surface area (Å²) in [6, 6.07) is 15.2. The van der Waals surface area contributed by atoms with Gasteiger partial charge in [-0.3, -0.25) is 8.37 Å². The molecule has 14 heteroatoms. The molecule has 12 nitrogen and oxygen atoms in total. The molecule has 36 heavy (non-hydrogen) atoms. The Labute approximate surface area is 207 Å². The third kappa shape index (κ3) is 7.81. The van der Waals surface area contributed by atoms with Gasteiger partial charge in [0, 0.05) is 0 Å². The Morgan fingerprint density at radius 3 is 1.69 bits per heavy atom. The fourth-order valence-corrected chi connectivity index (χ4v) is 4.35. The molecule has 0 aliphatic carbocycles. The Balaban J connectivity index is 1.99. The summed E-state index contributed by atoms with van der Waals surface area (Å²) in [4.78, 5) is 25.5. The minimum Gasteiger partial charge on any atom is -0.452 e. The van der Waals surface area contributed by atoms with Gasteiger partial charge in [-0.1, -0.05) is 36.4 Å². The summed E-state index contributed by atoms with van der Waals surface area (Å²) in [5.74, 6) is -1.90. The molecule has 196 valence electrons. The van der Waals surface area contributed by atoms with Gasteiger partial charge in [0.05, 0.1) is 30.2 Å². The van der Waals surface area contributed by atoms with E-state index in [9.17, 15) is 31.5 Å². The largest absolute Gasteiger partial charge is 0.452 e. The minimum absolute atomic E-state index is 0.0636. The molecule has 5 atom stereocenters. The monoisotopic (exact) mass is 544 g/mol. The Morgan fingerprint density at radius 2 is 1.25 bits per heavy atom. The maximum absolute atomic E-state index is 12.8. The Morgan fingerprint density at radius 1 is 0.778 bits per heavy atom. The number of carbonyl (C=O) groups excluding carboxylic acids is 2. The molecule has 2 aromatic carbocycles. The van der Waals surface area contributed by atoms with E-state index in [1.807, 2.05) is 0 Å². The first-order valence-electron chi connectivity index (χ1n) is 10.4. The molecule has 1 aliphatic heterocycles. The quantitative estimate of drug-likeness (QED) is 0.343. The molecule has 2 aromatic rings. The van der Waals surface area contributed by atoms with Crippen LogP contribution in [0, 0.1) is 0 Å². The van der Waals surface area contributed by atoms with Gasteiger partial charge in [-0.2, -0.15) is 16.8 Å². The van der Waals surface area contributed by atoms with Gasteiger partial charge in [0.25, 0.3) is 20.2 Å². The van der Waals surface area contributed by atoms with Gasteiger partial charge < -0.3 is 19.3 Å². The van der Waals surface area contributed by atoms with Crippen molar-refractivity contribution in [2.45, 2.75) is 30.7 Å². The third-order valence-corrected chi connectivity index (χ3v) is 5.98. The smallest absolute Gasteiger partial charge is 0.338 e. The third-order valence-electron chi connectivity index (χ3n) is 4.85. The highest BCUT2D eigenvalue weighted by Crippen LogP contribution is 2.30. The highest BCUT2D eigenvalue weighted by molar-refractivity contribution is 7.86. The molecule has 0 aromatic heterocycles. The van der Waals surface area contributed by atoms with Crippen molar-refractivity contribution in [3.8, 4) is 0 Å². The standard InChI is InChI=1S/C22H24O12S2/c1-35(26,27)30-13-16-17(34-36(2,28)29)18(32-20(23)14-9-5-3-6-10-14)19(22(25)31-16)33-21(24)15-11-7-4-8-12-15/h3-12,16-19,22,25H,13H2,1-2H3. The molecule has 1 N–H and O–H groups in total. The number of hydrogen-bond acceptors (Lipinski definition) is 12. The van der Waals surface area contributed by atoms with Crippen molar-refractivity contribution in [3.63, 3.8) is 0 Å². The van der Waals surface area contributed by atoms with Crippen LogP contribution in [0.15, 0.2) is 60.7 Å². The number of aliphatic hydroxyl groups is 1. The van der Waals surface area contributed by atoms with E-state index in [0.717, 1.165) is 6.26 Å². The lowest BCUT2D eigenvalue weighted by molar-refractivity contribution is -0.278. The Hall–Kier alpha value is -2.88. The van der Waals surface area contributed by atoms with E-state index in [-0.39, 0.29) is 11.1 Å². The lowest BCUT2D eigenvalue weighted by Gasteiger charge is -2.42. The molecular weight excluding hydrogens is 520 g/mol. The molecule has 0 spiro atoms. The summed E-state index contributed by atoms with van der Waals surface area (Å²) >= 11 is 0. The fraction of sp³-hybridized carbons (Fsp3) is 0.364. The van der Waals surface area contributed by atoms with Crippen molar-refractivity contribution in [2.24, 2.45) is 0 Å². The van der Waals surface area contributed by atoms with Gasteiger partial charge in [0.15, 0.2) is 18.5 Å². The summed E-state index contributed by atoms with van der Waals surface area (Å²) in [6.45, 7) is -0.797. The first-order chi connectivity index (χ1) is 16.8. The highest BCUT2D eigenvalue weighted by atomic mass is 32.2. The van der Waals surface area contributed by atoms with E-state index in [2.05, 4.69) is 0 Å². The van der Waals surface area contributed by atoms with Gasteiger partial charge in [0.2, 0.25) is 0 Å². The number of carbonyl (C=O) groups is 2. The second kappa shape index (κ2) is 11.5. The number of esters is 2. The highest BCUT2D eigenvalue weighted by Gasteiger charge is 2.52. The lowest BCUT2D eigenvalue weighted by atomic mass is 9.98. The lowest BCUT2D eigenvalue weighted by Crippen LogP contribution is -2.62. The number of aliphatic hydroxyl groups excluding tert-OH is 1. The fourth-order valence-electron chi connectivity index (χ4n) is 3.33. The van der Waals surface area contributed by atoms with Crippen LogP contribution in [0.5, 0.6) is 0 Å². The average molecular weight is 545 g/mol. The van der Waals surface area contributed by atoms with Crippen LogP contribution in [0.1, 0.15) is 20.7 Å². The van der Waals surface area contributed by atoms with Crippen LogP contribution in [0.2, 0.25) is 0 Å². The van der Waals surface area contributed by atoms with Crippen LogP contribution in [-0.2, 0) is 42.8 Å². The van der Waals surface area contributed by atoms with E-state index >= 15 is 0 Å². The van der Waals surface area contributed by atoms with Crippen LogP contribution in [-0.4, -0.2) is 83.7 Å². The summed E-state index contributed by atoms with van der Waals surface area (Å²) in [5, 5.41) is 10.6. The predicted molar refractivity (Wildman–Crippen MR) is 123 cm³/mol. The van der Waals surface area contributed by atoms with Gasteiger partial charge in [0.1, 0.15) is 12.2 Å². The Kier molecular flexibility index (Phi) is 8.81. The zero-order valence-corrected chi connectivity index (χ0v) is 20.8. The van der Waals surface area contributed by atoms with E-state index < -0.39 is 69.5 Å². The van der Waals surface area contributed by atoms with Crippen LogP contribution in [0.25, 0.3) is 0 Å². The van der Waals surface area contributed by atoms with Gasteiger partial charge in [-0.25, -0.2) is 9.59 Å². The maximum Gasteiger partial charge on any atom is 0.338 e. The number of ether oxygens (including phenoxy) is 3. The van der Waals surface area contributed by atoms with Crippen molar-refractivity contribution in [2.75, 3.05) is 19.1 Å². The van der Waals surface area contributed by atoms with Gasteiger partial charge in [-0.15, -0.1) is 0 Å². The van der Waals surface area contributed by atoms with E-state index in [0.29, 0.717) is 6.26 Å².